The first-order chi connectivity index (χ1) is 5.07. The van der Waals surface area contributed by atoms with E-state index >= 15 is 0 Å². The Morgan fingerprint density at radius 3 is 2.45 bits per heavy atom. The molecule has 0 N–H and O–H groups in total. The fourth-order valence-corrected chi connectivity index (χ4v) is 2.40. The molecule has 0 spiro atoms. The van der Waals surface area contributed by atoms with E-state index in [-0.39, 0.29) is 9.15 Å². The van der Waals surface area contributed by atoms with E-state index in [2.05, 4.69) is 31.9 Å². The molecular formula is C8H12Br2O. The predicted molar refractivity (Wildman–Crippen MR) is 53.2 cm³/mol. The number of alkyl halides is 2. The summed E-state index contributed by atoms with van der Waals surface area (Å²) >= 11 is 6.86. The van der Waals surface area contributed by atoms with Gasteiger partial charge in [-0.3, -0.25) is 4.79 Å². The summed E-state index contributed by atoms with van der Waals surface area (Å²) in [6, 6.07) is 0. The Balaban J connectivity index is 2.73. The zero-order valence-electron chi connectivity index (χ0n) is 6.57. The summed E-state index contributed by atoms with van der Waals surface area (Å²) in [7, 11) is 0. The number of hydrogen-bond donors (Lipinski definition) is 0. The second-order valence-electron chi connectivity index (χ2n) is 3.35. The zero-order chi connectivity index (χ0) is 8.48. The lowest BCUT2D eigenvalue weighted by Gasteiger charge is -2.33. The molecule has 1 fully saturated rings. The fraction of sp³-hybridized carbons (Fsp3) is 0.875. The van der Waals surface area contributed by atoms with Crippen LogP contribution < -0.4 is 0 Å². The Bertz CT molecular complexity index is 167. The van der Waals surface area contributed by atoms with Gasteiger partial charge in [0.2, 0.25) is 0 Å². The van der Waals surface area contributed by atoms with E-state index < -0.39 is 0 Å². The molecule has 0 aromatic heterocycles. The summed E-state index contributed by atoms with van der Waals surface area (Å²) in [4.78, 5) is 11.5. The van der Waals surface area contributed by atoms with E-state index in [0.29, 0.717) is 5.78 Å². The molecule has 1 aliphatic carbocycles. The summed E-state index contributed by atoms with van der Waals surface area (Å²) in [5.41, 5.74) is -0.168. The minimum Gasteiger partial charge on any atom is -0.299 e. The Labute approximate surface area is 84.2 Å². The normalized spacial score (nSPS) is 32.9. The van der Waals surface area contributed by atoms with Crippen molar-refractivity contribution in [1.82, 2.24) is 0 Å². The summed E-state index contributed by atoms with van der Waals surface area (Å²) in [6.07, 6.45) is 4.01. The topological polar surface area (TPSA) is 17.1 Å². The molecule has 0 bridgehead atoms. The Hall–Kier alpha value is 0.630. The summed E-state index contributed by atoms with van der Waals surface area (Å²) < 4.78 is 0.135. The van der Waals surface area contributed by atoms with E-state index in [1.165, 1.54) is 6.42 Å². The van der Waals surface area contributed by atoms with Crippen molar-refractivity contribution in [2.75, 3.05) is 0 Å². The molecule has 64 valence electrons. The lowest BCUT2D eigenvalue weighted by atomic mass is 9.76. The molecule has 11 heavy (non-hydrogen) atoms. The number of hydrogen-bond acceptors (Lipinski definition) is 1. The van der Waals surface area contributed by atoms with Gasteiger partial charge in [-0.2, -0.15) is 0 Å². The lowest BCUT2D eigenvalue weighted by Crippen LogP contribution is -2.36. The monoisotopic (exact) mass is 282 g/mol. The predicted octanol–water partition coefficient (Wildman–Crippen LogP) is 3.25. The maximum atomic E-state index is 11.5. The van der Waals surface area contributed by atoms with Gasteiger partial charge >= 0.3 is 0 Å². The number of rotatable bonds is 1. The van der Waals surface area contributed by atoms with Gasteiger partial charge in [-0.15, -0.1) is 0 Å². The number of carbonyl (C=O) groups excluding carboxylic acids is 1. The van der Waals surface area contributed by atoms with E-state index in [1.807, 2.05) is 6.92 Å². The van der Waals surface area contributed by atoms with Crippen molar-refractivity contribution in [2.24, 2.45) is 5.41 Å². The van der Waals surface area contributed by atoms with Crippen molar-refractivity contribution in [1.29, 1.82) is 0 Å². The first-order valence-corrected chi connectivity index (χ1v) is 5.72. The average Bonchev–Trinajstić information content (AvgIpc) is 1.95. The Morgan fingerprint density at radius 1 is 1.45 bits per heavy atom. The molecule has 1 rings (SSSR count). The van der Waals surface area contributed by atoms with Crippen LogP contribution in [0, 0.1) is 5.41 Å². The van der Waals surface area contributed by atoms with Gasteiger partial charge in [0, 0.05) is 11.8 Å². The van der Waals surface area contributed by atoms with Gasteiger partial charge in [0.05, 0.1) is 3.74 Å². The van der Waals surface area contributed by atoms with Crippen molar-refractivity contribution in [3.8, 4) is 0 Å². The Morgan fingerprint density at radius 2 is 2.09 bits per heavy atom. The number of halogens is 2. The van der Waals surface area contributed by atoms with Crippen molar-refractivity contribution in [3.63, 3.8) is 0 Å². The average molecular weight is 284 g/mol. The van der Waals surface area contributed by atoms with Crippen LogP contribution in [-0.2, 0) is 4.79 Å². The van der Waals surface area contributed by atoms with Crippen LogP contribution in [0.25, 0.3) is 0 Å². The van der Waals surface area contributed by atoms with Gasteiger partial charge in [0.25, 0.3) is 0 Å². The molecule has 0 aliphatic heterocycles. The fourth-order valence-electron chi connectivity index (χ4n) is 1.43. The van der Waals surface area contributed by atoms with Gasteiger partial charge < -0.3 is 0 Å². The minimum atomic E-state index is -0.168. The van der Waals surface area contributed by atoms with E-state index in [0.717, 1.165) is 19.3 Å². The second-order valence-corrected chi connectivity index (χ2v) is 6.41. The molecular weight excluding hydrogens is 272 g/mol. The summed E-state index contributed by atoms with van der Waals surface area (Å²) in [6.45, 7) is 2.03. The lowest BCUT2D eigenvalue weighted by molar-refractivity contribution is -0.129. The highest BCUT2D eigenvalue weighted by Crippen LogP contribution is 2.41. The molecule has 1 nitrogen and oxygen atoms in total. The van der Waals surface area contributed by atoms with Gasteiger partial charge in [0.1, 0.15) is 5.78 Å². The number of ketones is 1. The molecule has 1 atom stereocenters. The zero-order valence-corrected chi connectivity index (χ0v) is 9.74. The standard InChI is InChI=1S/C8H12Br2O/c1-8(7(9)10)5-3-2-4-6(8)11/h7H,2-5H2,1H3. The van der Waals surface area contributed by atoms with Gasteiger partial charge in [0.15, 0.2) is 0 Å². The molecule has 0 aromatic carbocycles. The molecule has 1 saturated carbocycles. The summed E-state index contributed by atoms with van der Waals surface area (Å²) in [5.74, 6) is 0.391. The third-order valence-electron chi connectivity index (χ3n) is 2.47. The van der Waals surface area contributed by atoms with Gasteiger partial charge in [-0.1, -0.05) is 45.2 Å². The highest BCUT2D eigenvalue weighted by Gasteiger charge is 2.39. The first-order valence-electron chi connectivity index (χ1n) is 3.89. The highest BCUT2D eigenvalue weighted by molar-refractivity contribution is 9.24. The van der Waals surface area contributed by atoms with Crippen molar-refractivity contribution >= 4 is 37.6 Å². The molecule has 0 radical (unpaired) electrons. The van der Waals surface area contributed by atoms with Gasteiger partial charge in [-0.25, -0.2) is 0 Å². The molecule has 1 unspecified atom stereocenters. The molecule has 0 aromatic rings. The largest absolute Gasteiger partial charge is 0.299 e. The van der Waals surface area contributed by atoms with Crippen LogP contribution in [0.2, 0.25) is 0 Å². The number of Topliss-reactive ketones (excluding diaryl/α,β-unsaturated/α-hetero) is 1. The van der Waals surface area contributed by atoms with Crippen molar-refractivity contribution in [3.05, 3.63) is 0 Å². The van der Waals surface area contributed by atoms with Gasteiger partial charge in [-0.05, 0) is 12.8 Å². The SMILES string of the molecule is CC1(C(Br)Br)CCCCC1=O. The maximum Gasteiger partial charge on any atom is 0.140 e. The van der Waals surface area contributed by atoms with Crippen LogP contribution >= 0.6 is 31.9 Å². The van der Waals surface area contributed by atoms with Crippen molar-refractivity contribution < 1.29 is 4.79 Å². The molecule has 3 heteroatoms. The van der Waals surface area contributed by atoms with Crippen LogP contribution in [0.4, 0.5) is 0 Å². The molecule has 0 saturated heterocycles. The van der Waals surface area contributed by atoms with Crippen LogP contribution in [0.15, 0.2) is 0 Å². The molecule has 0 heterocycles. The third kappa shape index (κ3) is 1.86. The van der Waals surface area contributed by atoms with Crippen LogP contribution in [0.5, 0.6) is 0 Å². The molecule has 1 aliphatic rings. The van der Waals surface area contributed by atoms with Crippen LogP contribution in [0.1, 0.15) is 32.6 Å². The first kappa shape index (κ1) is 9.72. The Kier molecular flexibility index (Phi) is 3.15. The van der Waals surface area contributed by atoms with E-state index in [9.17, 15) is 4.79 Å². The maximum absolute atomic E-state index is 11.5. The second kappa shape index (κ2) is 3.56. The summed E-state index contributed by atoms with van der Waals surface area (Å²) in [5, 5.41) is 0. The van der Waals surface area contributed by atoms with E-state index in [1.54, 1.807) is 0 Å². The number of carbonyl (C=O) groups is 1. The van der Waals surface area contributed by atoms with E-state index in [4.69, 9.17) is 0 Å². The minimum absolute atomic E-state index is 0.135. The van der Waals surface area contributed by atoms with Crippen molar-refractivity contribution in [2.45, 2.75) is 36.3 Å². The van der Waals surface area contributed by atoms with Crippen LogP contribution in [-0.4, -0.2) is 9.52 Å². The van der Waals surface area contributed by atoms with Crippen LogP contribution in [0.3, 0.4) is 0 Å². The smallest absolute Gasteiger partial charge is 0.140 e. The quantitative estimate of drug-likeness (QED) is 0.675. The highest BCUT2D eigenvalue weighted by atomic mass is 79.9. The molecule has 0 amide bonds. The third-order valence-corrected chi connectivity index (χ3v) is 4.49.